The molecule has 3 heterocycles. The number of hydrogen-bond acceptors (Lipinski definition) is 4. The Balaban J connectivity index is 1.41. The number of hydrogen-bond donors (Lipinski definition) is 1. The fraction of sp³-hybridized carbons (Fsp3) is 0.706. The highest BCUT2D eigenvalue weighted by Gasteiger charge is 2.42. The van der Waals surface area contributed by atoms with Crippen LogP contribution < -0.4 is 5.32 Å². The fourth-order valence-electron chi connectivity index (χ4n) is 3.38. The summed E-state index contributed by atoms with van der Waals surface area (Å²) < 4.78 is 11.5. The molecule has 0 radical (unpaired) electrons. The third kappa shape index (κ3) is 4.25. The molecule has 2 fully saturated rings. The molecule has 0 spiro atoms. The zero-order valence-corrected chi connectivity index (χ0v) is 14.6. The Hall–Kier alpha value is -1.11. The van der Waals surface area contributed by atoms with Crippen molar-refractivity contribution in [3.8, 4) is 0 Å². The summed E-state index contributed by atoms with van der Waals surface area (Å²) in [5.74, 6) is -0.256. The van der Waals surface area contributed by atoms with Crippen molar-refractivity contribution in [3.63, 3.8) is 0 Å². The summed E-state index contributed by atoms with van der Waals surface area (Å²) in [5, 5.41) is 5.14. The molecule has 0 bridgehead atoms. The zero-order valence-electron chi connectivity index (χ0n) is 13.8. The summed E-state index contributed by atoms with van der Waals surface area (Å²) in [4.78, 5) is 15.6. The Morgan fingerprint density at radius 3 is 3.04 bits per heavy atom. The van der Waals surface area contributed by atoms with Gasteiger partial charge in [0.1, 0.15) is 0 Å². The van der Waals surface area contributed by atoms with Gasteiger partial charge in [0.25, 0.3) is 0 Å². The first kappa shape index (κ1) is 16.7. The maximum absolute atomic E-state index is 12.4. The molecule has 0 aliphatic carbocycles. The van der Waals surface area contributed by atoms with Crippen molar-refractivity contribution in [2.24, 2.45) is 5.92 Å². The Morgan fingerprint density at radius 2 is 2.30 bits per heavy atom. The number of piperidine rings is 1. The number of nitrogens with one attached hydrogen (secondary N) is 1. The third-order valence-corrected chi connectivity index (χ3v) is 5.70. The normalized spacial score (nSPS) is 23.9. The topological polar surface area (TPSA) is 50.8 Å². The van der Waals surface area contributed by atoms with Crippen LogP contribution in [0, 0.1) is 5.92 Å². The van der Waals surface area contributed by atoms with E-state index in [1.165, 1.54) is 4.88 Å². The van der Waals surface area contributed by atoms with Crippen molar-refractivity contribution >= 4 is 17.4 Å². The van der Waals surface area contributed by atoms with Crippen LogP contribution in [0.5, 0.6) is 0 Å². The molecule has 2 saturated heterocycles. The first-order valence-corrected chi connectivity index (χ1v) is 9.38. The van der Waals surface area contributed by atoms with Gasteiger partial charge in [0.2, 0.25) is 0 Å². The van der Waals surface area contributed by atoms with E-state index in [1.807, 2.05) is 11.8 Å². The molecule has 2 aliphatic heterocycles. The molecule has 3 rings (SSSR count). The van der Waals surface area contributed by atoms with Crippen LogP contribution in [0.15, 0.2) is 17.5 Å². The number of amides is 2. The third-order valence-electron chi connectivity index (χ3n) is 4.77. The second-order valence-corrected chi connectivity index (χ2v) is 7.45. The molecular formula is C17H26N2O3S. The molecule has 0 aromatic carbocycles. The fourth-order valence-corrected chi connectivity index (χ4v) is 4.13. The van der Waals surface area contributed by atoms with E-state index in [1.54, 1.807) is 11.3 Å². The van der Waals surface area contributed by atoms with E-state index in [-0.39, 0.29) is 11.9 Å². The molecule has 0 saturated carbocycles. The lowest BCUT2D eigenvalue weighted by atomic mass is 9.90. The summed E-state index contributed by atoms with van der Waals surface area (Å²) in [6.45, 7) is 5.58. The van der Waals surface area contributed by atoms with Gasteiger partial charge in [-0.2, -0.15) is 0 Å². The van der Waals surface area contributed by atoms with Gasteiger partial charge in [0.05, 0.1) is 13.2 Å². The van der Waals surface area contributed by atoms with E-state index in [9.17, 15) is 4.79 Å². The molecule has 23 heavy (non-hydrogen) atoms. The molecule has 1 unspecified atom stereocenters. The van der Waals surface area contributed by atoms with Gasteiger partial charge in [-0.3, -0.25) is 0 Å². The van der Waals surface area contributed by atoms with E-state index in [2.05, 4.69) is 22.8 Å². The monoisotopic (exact) mass is 338 g/mol. The Kier molecular flexibility index (Phi) is 5.56. The lowest BCUT2D eigenvalue weighted by Gasteiger charge is -2.39. The van der Waals surface area contributed by atoms with Crippen molar-refractivity contribution in [2.45, 2.75) is 38.4 Å². The molecular weight excluding hydrogens is 312 g/mol. The molecule has 1 atom stereocenters. The first-order valence-electron chi connectivity index (χ1n) is 8.50. The predicted molar refractivity (Wildman–Crippen MR) is 90.6 cm³/mol. The number of carbonyl (C=O) groups is 1. The highest BCUT2D eigenvalue weighted by atomic mass is 32.1. The van der Waals surface area contributed by atoms with Crippen molar-refractivity contribution in [1.29, 1.82) is 0 Å². The first-order chi connectivity index (χ1) is 11.2. The average Bonchev–Trinajstić information content (AvgIpc) is 3.24. The summed E-state index contributed by atoms with van der Waals surface area (Å²) >= 11 is 1.77. The van der Waals surface area contributed by atoms with Crippen LogP contribution in [-0.2, 0) is 15.9 Å². The van der Waals surface area contributed by atoms with Gasteiger partial charge in [0.15, 0.2) is 5.79 Å². The SMILES string of the molecule is CC1(C2CCCN(C(=O)NCCCc3cccs3)C2)OCCO1. The highest BCUT2D eigenvalue weighted by molar-refractivity contribution is 7.09. The van der Waals surface area contributed by atoms with Crippen molar-refractivity contribution in [3.05, 3.63) is 22.4 Å². The van der Waals surface area contributed by atoms with Gasteiger partial charge in [-0.15, -0.1) is 11.3 Å². The summed E-state index contributed by atoms with van der Waals surface area (Å²) in [6, 6.07) is 4.26. The van der Waals surface area contributed by atoms with Crippen LogP contribution in [-0.4, -0.2) is 49.6 Å². The summed E-state index contributed by atoms with van der Waals surface area (Å²) in [7, 11) is 0. The molecule has 2 aliphatic rings. The van der Waals surface area contributed by atoms with E-state index < -0.39 is 5.79 Å². The quantitative estimate of drug-likeness (QED) is 0.840. The number of thiophene rings is 1. The van der Waals surface area contributed by atoms with Gasteiger partial charge in [0, 0.05) is 30.4 Å². The average molecular weight is 338 g/mol. The minimum atomic E-state index is -0.516. The number of ether oxygens (including phenoxy) is 2. The lowest BCUT2D eigenvalue weighted by Crippen LogP contribution is -2.51. The van der Waals surface area contributed by atoms with Gasteiger partial charge < -0.3 is 19.7 Å². The maximum Gasteiger partial charge on any atom is 0.317 e. The summed E-state index contributed by atoms with van der Waals surface area (Å²) in [5.41, 5.74) is 0. The maximum atomic E-state index is 12.4. The van der Waals surface area contributed by atoms with Crippen LogP contribution in [0.4, 0.5) is 4.79 Å². The van der Waals surface area contributed by atoms with E-state index >= 15 is 0 Å². The Morgan fingerprint density at radius 1 is 1.48 bits per heavy atom. The second kappa shape index (κ2) is 7.64. The van der Waals surface area contributed by atoms with Crippen LogP contribution in [0.25, 0.3) is 0 Å². The molecule has 5 nitrogen and oxygen atoms in total. The van der Waals surface area contributed by atoms with Crippen LogP contribution in [0.1, 0.15) is 31.1 Å². The van der Waals surface area contributed by atoms with E-state index in [0.717, 1.165) is 38.8 Å². The molecule has 128 valence electrons. The van der Waals surface area contributed by atoms with Crippen molar-refractivity contribution < 1.29 is 14.3 Å². The van der Waals surface area contributed by atoms with Crippen molar-refractivity contribution in [1.82, 2.24) is 10.2 Å². The standard InChI is InChI=1S/C17H26N2O3S/c1-17(21-10-11-22-17)14-5-3-9-19(13-14)16(20)18-8-2-6-15-7-4-12-23-15/h4,7,12,14H,2-3,5-6,8-11,13H2,1H3,(H,18,20). The molecule has 2 amide bonds. The second-order valence-electron chi connectivity index (χ2n) is 6.41. The smallest absolute Gasteiger partial charge is 0.317 e. The zero-order chi connectivity index (χ0) is 16.1. The Labute approximate surface area is 142 Å². The largest absolute Gasteiger partial charge is 0.347 e. The number of nitrogens with zero attached hydrogens (tertiary/aromatic N) is 1. The minimum Gasteiger partial charge on any atom is -0.347 e. The van der Waals surface area contributed by atoms with Crippen LogP contribution >= 0.6 is 11.3 Å². The van der Waals surface area contributed by atoms with E-state index in [4.69, 9.17) is 9.47 Å². The number of rotatable bonds is 5. The molecule has 1 aromatic rings. The number of urea groups is 1. The minimum absolute atomic E-state index is 0.0440. The Bertz CT molecular complexity index is 500. The highest BCUT2D eigenvalue weighted by Crippen LogP contribution is 2.34. The number of likely N-dealkylation sites (tertiary alicyclic amines) is 1. The number of aryl methyl sites for hydroxylation is 1. The predicted octanol–water partition coefficient (Wildman–Crippen LogP) is 2.87. The summed E-state index contributed by atoms with van der Waals surface area (Å²) in [6.07, 6.45) is 4.07. The van der Waals surface area contributed by atoms with Gasteiger partial charge in [-0.25, -0.2) is 4.79 Å². The number of carbonyl (C=O) groups excluding carboxylic acids is 1. The van der Waals surface area contributed by atoms with E-state index in [0.29, 0.717) is 19.8 Å². The lowest BCUT2D eigenvalue weighted by molar-refractivity contribution is -0.189. The van der Waals surface area contributed by atoms with Crippen LogP contribution in [0.2, 0.25) is 0 Å². The van der Waals surface area contributed by atoms with Gasteiger partial charge >= 0.3 is 6.03 Å². The van der Waals surface area contributed by atoms with Gasteiger partial charge in [-0.1, -0.05) is 6.07 Å². The van der Waals surface area contributed by atoms with Gasteiger partial charge in [-0.05, 0) is 44.1 Å². The molecule has 1 aromatic heterocycles. The molecule has 1 N–H and O–H groups in total. The van der Waals surface area contributed by atoms with Crippen LogP contribution in [0.3, 0.4) is 0 Å². The van der Waals surface area contributed by atoms with Crippen molar-refractivity contribution in [2.75, 3.05) is 32.8 Å². The molecule has 6 heteroatoms.